The van der Waals surface area contributed by atoms with E-state index < -0.39 is 5.79 Å². The van der Waals surface area contributed by atoms with E-state index in [2.05, 4.69) is 20.8 Å². The van der Waals surface area contributed by atoms with Gasteiger partial charge >= 0.3 is 0 Å². The van der Waals surface area contributed by atoms with Crippen molar-refractivity contribution >= 4 is 0 Å². The number of aliphatic hydroxyl groups is 1. The molecule has 0 saturated carbocycles. The van der Waals surface area contributed by atoms with Crippen LogP contribution in [0.4, 0.5) is 0 Å². The lowest BCUT2D eigenvalue weighted by Crippen LogP contribution is -2.48. The molecule has 0 aromatic carbocycles. The van der Waals surface area contributed by atoms with Crippen molar-refractivity contribution in [1.82, 2.24) is 0 Å². The predicted molar refractivity (Wildman–Crippen MR) is 61.9 cm³/mol. The summed E-state index contributed by atoms with van der Waals surface area (Å²) in [6, 6.07) is 0. The number of ether oxygens (including phenoxy) is 2. The Morgan fingerprint density at radius 1 is 1.38 bits per heavy atom. The molecule has 94 valence electrons. The molecule has 0 aromatic heterocycles. The first-order valence-electron chi connectivity index (χ1n) is 6.45. The Bertz CT molecular complexity index is 256. The van der Waals surface area contributed by atoms with Gasteiger partial charge in [0, 0.05) is 11.8 Å². The fourth-order valence-corrected chi connectivity index (χ4v) is 2.99. The molecule has 0 spiro atoms. The average molecular weight is 228 g/mol. The lowest BCUT2D eigenvalue weighted by Gasteiger charge is -2.41. The molecule has 2 saturated heterocycles. The van der Waals surface area contributed by atoms with Gasteiger partial charge in [0.15, 0.2) is 5.79 Å². The SMILES string of the molecule is CC[C@H](C)[C@H](O)[C@H]1CO[C@]2(C)OC[C@H]1[C@H]2C. The number of rotatable bonds is 3. The quantitative estimate of drug-likeness (QED) is 0.803. The fourth-order valence-electron chi connectivity index (χ4n) is 2.99. The Balaban J connectivity index is 2.09. The predicted octanol–water partition coefficient (Wildman–Crippen LogP) is 2.04. The van der Waals surface area contributed by atoms with E-state index in [1.165, 1.54) is 0 Å². The molecule has 0 radical (unpaired) electrons. The van der Waals surface area contributed by atoms with Crippen molar-refractivity contribution in [3.05, 3.63) is 0 Å². The zero-order chi connectivity index (χ0) is 11.9. The molecule has 2 aliphatic rings. The molecule has 0 amide bonds. The van der Waals surface area contributed by atoms with Crippen LogP contribution < -0.4 is 0 Å². The van der Waals surface area contributed by atoms with Crippen molar-refractivity contribution in [2.75, 3.05) is 13.2 Å². The zero-order valence-corrected chi connectivity index (χ0v) is 10.8. The highest BCUT2D eigenvalue weighted by Gasteiger charge is 2.53. The maximum atomic E-state index is 10.3. The second-order valence-corrected chi connectivity index (χ2v) is 5.63. The Morgan fingerprint density at radius 2 is 2.00 bits per heavy atom. The van der Waals surface area contributed by atoms with Crippen LogP contribution >= 0.6 is 0 Å². The summed E-state index contributed by atoms with van der Waals surface area (Å²) in [5.74, 6) is 0.995. The van der Waals surface area contributed by atoms with E-state index in [4.69, 9.17) is 9.47 Å². The minimum atomic E-state index is -0.406. The third kappa shape index (κ3) is 1.79. The zero-order valence-electron chi connectivity index (χ0n) is 10.8. The lowest BCUT2D eigenvalue weighted by atomic mass is 9.74. The van der Waals surface area contributed by atoms with Crippen molar-refractivity contribution in [3.8, 4) is 0 Å². The normalized spacial score (nSPS) is 46.7. The first-order valence-corrected chi connectivity index (χ1v) is 6.45. The highest BCUT2D eigenvalue weighted by atomic mass is 16.7. The average Bonchev–Trinajstić information content (AvgIpc) is 2.49. The molecule has 3 nitrogen and oxygen atoms in total. The number of fused-ring (bicyclic) bond motifs is 2. The van der Waals surface area contributed by atoms with E-state index in [9.17, 15) is 5.11 Å². The Hall–Kier alpha value is -0.120. The van der Waals surface area contributed by atoms with Gasteiger partial charge in [-0.2, -0.15) is 0 Å². The Kier molecular flexibility index (Phi) is 3.30. The molecule has 2 heterocycles. The molecule has 1 N–H and O–H groups in total. The van der Waals surface area contributed by atoms with E-state index in [-0.39, 0.29) is 12.0 Å². The summed E-state index contributed by atoms with van der Waals surface area (Å²) in [5.41, 5.74) is 0. The summed E-state index contributed by atoms with van der Waals surface area (Å²) in [7, 11) is 0. The molecule has 16 heavy (non-hydrogen) atoms. The first kappa shape index (κ1) is 12.3. The third-order valence-electron chi connectivity index (χ3n) is 4.81. The maximum Gasteiger partial charge on any atom is 0.168 e. The van der Waals surface area contributed by atoms with Crippen molar-refractivity contribution in [3.63, 3.8) is 0 Å². The summed E-state index contributed by atoms with van der Waals surface area (Å²) < 4.78 is 11.6. The van der Waals surface area contributed by atoms with Gasteiger partial charge in [-0.1, -0.05) is 27.2 Å². The van der Waals surface area contributed by atoms with Crippen LogP contribution in [0.3, 0.4) is 0 Å². The molecule has 0 aromatic rings. The molecule has 0 unspecified atom stereocenters. The highest BCUT2D eigenvalue weighted by Crippen LogP contribution is 2.47. The van der Waals surface area contributed by atoms with Crippen LogP contribution in [0, 0.1) is 23.7 Å². The number of aliphatic hydroxyl groups excluding tert-OH is 1. The van der Waals surface area contributed by atoms with Gasteiger partial charge in [-0.15, -0.1) is 0 Å². The summed E-state index contributed by atoms with van der Waals surface area (Å²) in [5, 5.41) is 10.3. The molecule has 2 aliphatic heterocycles. The van der Waals surface area contributed by atoms with E-state index in [1.54, 1.807) is 0 Å². The molecule has 0 aliphatic carbocycles. The third-order valence-corrected chi connectivity index (χ3v) is 4.81. The smallest absolute Gasteiger partial charge is 0.168 e. The van der Waals surface area contributed by atoms with Crippen LogP contribution in [0.1, 0.15) is 34.1 Å². The van der Waals surface area contributed by atoms with Crippen LogP contribution in [0.5, 0.6) is 0 Å². The largest absolute Gasteiger partial charge is 0.392 e. The second-order valence-electron chi connectivity index (χ2n) is 5.63. The fraction of sp³-hybridized carbons (Fsp3) is 1.00. The molecule has 2 fully saturated rings. The molecule has 3 heteroatoms. The Morgan fingerprint density at radius 3 is 2.62 bits per heavy atom. The van der Waals surface area contributed by atoms with Crippen molar-refractivity contribution in [2.24, 2.45) is 23.7 Å². The topological polar surface area (TPSA) is 38.7 Å². The van der Waals surface area contributed by atoms with Crippen LogP contribution in [-0.2, 0) is 9.47 Å². The summed E-state index contributed by atoms with van der Waals surface area (Å²) in [6.45, 7) is 9.79. The van der Waals surface area contributed by atoms with Gasteiger partial charge in [0.25, 0.3) is 0 Å². The van der Waals surface area contributed by atoms with E-state index in [0.717, 1.165) is 13.0 Å². The van der Waals surface area contributed by atoms with E-state index in [1.807, 2.05) is 6.92 Å². The second kappa shape index (κ2) is 4.28. The van der Waals surface area contributed by atoms with Crippen LogP contribution in [0.15, 0.2) is 0 Å². The van der Waals surface area contributed by atoms with Crippen molar-refractivity contribution in [2.45, 2.75) is 46.0 Å². The van der Waals surface area contributed by atoms with E-state index >= 15 is 0 Å². The van der Waals surface area contributed by atoms with Gasteiger partial charge in [0.05, 0.1) is 19.3 Å². The van der Waals surface area contributed by atoms with Crippen LogP contribution in [0.2, 0.25) is 0 Å². The van der Waals surface area contributed by atoms with Gasteiger partial charge in [-0.3, -0.25) is 0 Å². The first-order chi connectivity index (χ1) is 7.49. The molecule has 6 atom stereocenters. The Labute approximate surface area is 98.1 Å². The van der Waals surface area contributed by atoms with Gasteiger partial charge in [0.1, 0.15) is 0 Å². The minimum Gasteiger partial charge on any atom is -0.392 e. The lowest BCUT2D eigenvalue weighted by molar-refractivity contribution is -0.239. The monoisotopic (exact) mass is 228 g/mol. The van der Waals surface area contributed by atoms with Crippen molar-refractivity contribution < 1.29 is 14.6 Å². The highest BCUT2D eigenvalue weighted by molar-refractivity contribution is 4.95. The van der Waals surface area contributed by atoms with Crippen molar-refractivity contribution in [1.29, 1.82) is 0 Å². The standard InChI is InChI=1S/C13H24O3/c1-5-8(2)12(14)11-7-16-13(4)9(3)10(11)6-15-13/h8-12,14H,5-7H2,1-4H3/t8-,9+,10-,11-,12-,13-/m0/s1. The van der Waals surface area contributed by atoms with Gasteiger partial charge < -0.3 is 14.6 Å². The minimum absolute atomic E-state index is 0.237. The number of hydrogen-bond acceptors (Lipinski definition) is 3. The van der Waals surface area contributed by atoms with E-state index in [0.29, 0.717) is 24.4 Å². The maximum absolute atomic E-state index is 10.3. The molecular weight excluding hydrogens is 204 g/mol. The van der Waals surface area contributed by atoms with Gasteiger partial charge in [-0.05, 0) is 18.8 Å². The molecule has 2 bridgehead atoms. The molecule has 2 rings (SSSR count). The summed E-state index contributed by atoms with van der Waals surface area (Å²) in [6.07, 6.45) is 0.750. The van der Waals surface area contributed by atoms with Gasteiger partial charge in [0.2, 0.25) is 0 Å². The van der Waals surface area contributed by atoms with Crippen LogP contribution in [0.25, 0.3) is 0 Å². The number of hydrogen-bond donors (Lipinski definition) is 1. The molecular formula is C13H24O3. The van der Waals surface area contributed by atoms with Crippen LogP contribution in [-0.4, -0.2) is 30.2 Å². The summed E-state index contributed by atoms with van der Waals surface area (Å²) in [4.78, 5) is 0. The van der Waals surface area contributed by atoms with Gasteiger partial charge in [-0.25, -0.2) is 0 Å². The summed E-state index contributed by atoms with van der Waals surface area (Å²) >= 11 is 0.